The fourth-order valence-electron chi connectivity index (χ4n) is 1.24. The summed E-state index contributed by atoms with van der Waals surface area (Å²) in [6, 6.07) is 0.0613. The van der Waals surface area contributed by atoms with E-state index in [1.54, 1.807) is 11.9 Å². The highest BCUT2D eigenvalue weighted by Crippen LogP contribution is 2.09. The molecule has 1 unspecified atom stereocenters. The Labute approximate surface area is 78.2 Å². The van der Waals surface area contributed by atoms with Crippen molar-refractivity contribution in [2.24, 2.45) is 0 Å². The van der Waals surface area contributed by atoms with E-state index in [4.69, 9.17) is 11.2 Å². The largest absolute Gasteiger partial charge is 0.379 e. The Kier molecular flexibility index (Phi) is 3.59. The maximum Gasteiger partial charge on any atom is 0.318 e. The molecule has 1 fully saturated rings. The molecule has 0 bridgehead atoms. The topological polar surface area (TPSA) is 41.6 Å². The number of nitrogens with one attached hydrogen (secondary N) is 1. The van der Waals surface area contributed by atoms with Crippen molar-refractivity contribution in [3.8, 4) is 12.3 Å². The number of amides is 2. The van der Waals surface area contributed by atoms with Gasteiger partial charge in [-0.2, -0.15) is 0 Å². The molecule has 4 nitrogen and oxygen atoms in total. The van der Waals surface area contributed by atoms with E-state index in [-0.39, 0.29) is 18.6 Å². The Hall–Kier alpha value is -1.21. The summed E-state index contributed by atoms with van der Waals surface area (Å²) in [6.45, 7) is 1.63. The molecule has 0 spiro atoms. The van der Waals surface area contributed by atoms with Gasteiger partial charge in [-0.1, -0.05) is 5.92 Å². The van der Waals surface area contributed by atoms with Crippen molar-refractivity contribution < 1.29 is 9.53 Å². The molecule has 2 amide bonds. The minimum absolute atomic E-state index is 0.131. The molecule has 13 heavy (non-hydrogen) atoms. The maximum atomic E-state index is 11.4. The Morgan fingerprint density at radius 3 is 3.15 bits per heavy atom. The average Bonchev–Trinajstić information content (AvgIpc) is 2.65. The van der Waals surface area contributed by atoms with Crippen LogP contribution >= 0.6 is 0 Å². The summed E-state index contributed by atoms with van der Waals surface area (Å²) >= 11 is 0. The molecular formula is C9H14N2O2. The number of carbonyl (C=O) groups is 1. The van der Waals surface area contributed by atoms with Crippen LogP contribution < -0.4 is 5.32 Å². The molecule has 1 saturated heterocycles. The smallest absolute Gasteiger partial charge is 0.318 e. The molecule has 0 radical (unpaired) electrons. The minimum atomic E-state index is -0.131. The van der Waals surface area contributed by atoms with Crippen molar-refractivity contribution in [2.45, 2.75) is 12.5 Å². The van der Waals surface area contributed by atoms with E-state index in [1.165, 1.54) is 0 Å². The van der Waals surface area contributed by atoms with Gasteiger partial charge in [-0.05, 0) is 6.42 Å². The van der Waals surface area contributed by atoms with Crippen LogP contribution in [0.1, 0.15) is 6.42 Å². The Morgan fingerprint density at radius 1 is 1.85 bits per heavy atom. The highest BCUT2D eigenvalue weighted by molar-refractivity contribution is 5.74. The highest BCUT2D eigenvalue weighted by atomic mass is 16.5. The molecule has 1 aliphatic rings. The zero-order valence-electron chi connectivity index (χ0n) is 7.75. The summed E-state index contributed by atoms with van der Waals surface area (Å²) in [7, 11) is 1.76. The second-order valence-corrected chi connectivity index (χ2v) is 2.99. The fraction of sp³-hybridized carbons (Fsp3) is 0.667. The number of hydrogen-bond acceptors (Lipinski definition) is 2. The molecule has 1 N–H and O–H groups in total. The lowest BCUT2D eigenvalue weighted by Gasteiger charge is -2.22. The normalized spacial score (nSPS) is 20.8. The molecule has 1 atom stereocenters. The van der Waals surface area contributed by atoms with Gasteiger partial charge in [0.1, 0.15) is 0 Å². The van der Waals surface area contributed by atoms with Crippen molar-refractivity contribution in [1.82, 2.24) is 10.2 Å². The predicted octanol–water partition coefficient (Wildman–Crippen LogP) is 0.0499. The molecule has 72 valence electrons. The van der Waals surface area contributed by atoms with Crippen LogP contribution in [0.15, 0.2) is 0 Å². The third-order valence-corrected chi connectivity index (χ3v) is 2.12. The molecule has 0 aromatic carbocycles. The molecule has 1 heterocycles. The van der Waals surface area contributed by atoms with Gasteiger partial charge in [-0.25, -0.2) is 4.79 Å². The number of likely N-dealkylation sites (N-methyl/N-ethyl adjacent to an activating group) is 1. The van der Waals surface area contributed by atoms with Crippen LogP contribution in [0.2, 0.25) is 0 Å². The van der Waals surface area contributed by atoms with Crippen molar-refractivity contribution in [3.63, 3.8) is 0 Å². The van der Waals surface area contributed by atoms with Gasteiger partial charge in [0.25, 0.3) is 0 Å². The third-order valence-electron chi connectivity index (χ3n) is 2.12. The van der Waals surface area contributed by atoms with E-state index in [2.05, 4.69) is 11.2 Å². The van der Waals surface area contributed by atoms with Gasteiger partial charge < -0.3 is 15.0 Å². The molecule has 1 rings (SSSR count). The van der Waals surface area contributed by atoms with Crippen LogP contribution in [0.25, 0.3) is 0 Å². The fourth-order valence-corrected chi connectivity index (χ4v) is 1.24. The number of ether oxygens (including phenoxy) is 1. The first-order valence-corrected chi connectivity index (χ1v) is 4.27. The van der Waals surface area contributed by atoms with E-state index in [9.17, 15) is 4.79 Å². The van der Waals surface area contributed by atoms with E-state index >= 15 is 0 Å². The predicted molar refractivity (Wildman–Crippen MR) is 49.2 cm³/mol. The van der Waals surface area contributed by atoms with E-state index < -0.39 is 0 Å². The summed E-state index contributed by atoms with van der Waals surface area (Å²) in [6.07, 6.45) is 5.93. The first kappa shape index (κ1) is 9.87. The Balaban J connectivity index is 2.33. The van der Waals surface area contributed by atoms with Gasteiger partial charge in [0.2, 0.25) is 0 Å². The second kappa shape index (κ2) is 4.73. The molecule has 0 aromatic heterocycles. The number of hydrogen-bond donors (Lipinski definition) is 1. The number of terminal acetylenes is 1. The zero-order chi connectivity index (χ0) is 9.68. The second-order valence-electron chi connectivity index (χ2n) is 2.99. The van der Waals surface area contributed by atoms with Gasteiger partial charge in [0.15, 0.2) is 0 Å². The lowest BCUT2D eigenvalue weighted by Crippen LogP contribution is -2.43. The van der Waals surface area contributed by atoms with Crippen LogP contribution in [0.4, 0.5) is 4.79 Å². The van der Waals surface area contributed by atoms with Gasteiger partial charge in [-0.15, -0.1) is 6.42 Å². The molecule has 0 aromatic rings. The quantitative estimate of drug-likeness (QED) is 0.613. The van der Waals surface area contributed by atoms with Crippen LogP contribution in [0.5, 0.6) is 0 Å². The lowest BCUT2D eigenvalue weighted by atomic mass is 10.2. The van der Waals surface area contributed by atoms with Gasteiger partial charge in [0, 0.05) is 13.7 Å². The summed E-state index contributed by atoms with van der Waals surface area (Å²) in [5.41, 5.74) is 0. The SMILES string of the molecule is C#CCNC(=O)N(C)C1CCOC1. The summed E-state index contributed by atoms with van der Waals surface area (Å²) in [4.78, 5) is 13.0. The van der Waals surface area contributed by atoms with Crippen LogP contribution in [-0.2, 0) is 4.74 Å². The van der Waals surface area contributed by atoms with Crippen LogP contribution in [0, 0.1) is 12.3 Å². The first-order valence-electron chi connectivity index (χ1n) is 4.27. The molecule has 4 heteroatoms. The Bertz CT molecular complexity index is 216. The van der Waals surface area contributed by atoms with Crippen LogP contribution in [-0.4, -0.2) is 43.8 Å². The van der Waals surface area contributed by atoms with Gasteiger partial charge >= 0.3 is 6.03 Å². The standard InChI is InChI=1S/C9H14N2O2/c1-3-5-10-9(12)11(2)8-4-6-13-7-8/h1,8H,4-7H2,2H3,(H,10,12). The van der Waals surface area contributed by atoms with Crippen molar-refractivity contribution >= 4 is 6.03 Å². The van der Waals surface area contributed by atoms with Crippen LogP contribution in [0.3, 0.4) is 0 Å². The molecular weight excluding hydrogens is 168 g/mol. The number of urea groups is 1. The number of carbonyl (C=O) groups excluding carboxylic acids is 1. The van der Waals surface area contributed by atoms with E-state index in [1.807, 2.05) is 0 Å². The number of nitrogens with zero attached hydrogens (tertiary/aromatic N) is 1. The summed E-state index contributed by atoms with van der Waals surface area (Å²) in [5, 5.41) is 2.60. The van der Waals surface area contributed by atoms with Crippen molar-refractivity contribution in [2.75, 3.05) is 26.8 Å². The minimum Gasteiger partial charge on any atom is -0.379 e. The highest BCUT2D eigenvalue weighted by Gasteiger charge is 2.23. The van der Waals surface area contributed by atoms with Gasteiger partial charge in [0.05, 0.1) is 19.2 Å². The molecule has 0 saturated carbocycles. The van der Waals surface area contributed by atoms with Crippen molar-refractivity contribution in [1.29, 1.82) is 0 Å². The Morgan fingerprint density at radius 2 is 2.62 bits per heavy atom. The first-order chi connectivity index (χ1) is 6.25. The summed E-state index contributed by atoms with van der Waals surface area (Å²) in [5.74, 6) is 2.35. The summed E-state index contributed by atoms with van der Waals surface area (Å²) < 4.78 is 5.17. The molecule has 1 aliphatic heterocycles. The zero-order valence-corrected chi connectivity index (χ0v) is 7.75. The van der Waals surface area contributed by atoms with Gasteiger partial charge in [-0.3, -0.25) is 0 Å². The van der Waals surface area contributed by atoms with Crippen molar-refractivity contribution in [3.05, 3.63) is 0 Å². The third kappa shape index (κ3) is 2.63. The lowest BCUT2D eigenvalue weighted by molar-refractivity contribution is 0.158. The average molecular weight is 182 g/mol. The number of rotatable bonds is 2. The molecule has 0 aliphatic carbocycles. The maximum absolute atomic E-state index is 11.4. The van der Waals surface area contributed by atoms with E-state index in [0.29, 0.717) is 6.61 Å². The monoisotopic (exact) mass is 182 g/mol. The van der Waals surface area contributed by atoms with E-state index in [0.717, 1.165) is 13.0 Å².